The van der Waals surface area contributed by atoms with Crippen molar-refractivity contribution < 1.29 is 4.79 Å². The molecule has 0 aromatic rings. The molecule has 1 N–H and O–H groups in total. The number of nitrogens with one attached hydrogen (secondary N) is 1. The van der Waals surface area contributed by atoms with Crippen LogP contribution in [0, 0.1) is 5.92 Å². The molecule has 0 rings (SSSR count). The summed E-state index contributed by atoms with van der Waals surface area (Å²) in [5.41, 5.74) is 0. The van der Waals surface area contributed by atoms with Gasteiger partial charge in [0.25, 0.3) is 0 Å². The predicted molar refractivity (Wildman–Crippen MR) is 61.7 cm³/mol. The maximum absolute atomic E-state index is 11.1. The molecule has 1 atom stereocenters. The van der Waals surface area contributed by atoms with E-state index < -0.39 is 0 Å². The summed E-state index contributed by atoms with van der Waals surface area (Å²) < 4.78 is 0. The fraction of sp³-hybridized carbons (Fsp3) is 0.909. The monoisotopic (exact) mass is 219 g/mol. The van der Waals surface area contributed by atoms with Crippen LogP contribution in [-0.4, -0.2) is 18.3 Å². The quantitative estimate of drug-likeness (QED) is 0.625. The average Bonchev–Trinajstić information content (AvgIpc) is 2.19. The molecular weight excluding hydrogens is 198 g/mol. The van der Waals surface area contributed by atoms with Crippen LogP contribution in [0.15, 0.2) is 0 Å². The Morgan fingerprint density at radius 3 is 2.64 bits per heavy atom. The van der Waals surface area contributed by atoms with Crippen molar-refractivity contribution in [1.29, 1.82) is 0 Å². The Kier molecular flexibility index (Phi) is 9.16. The second kappa shape index (κ2) is 9.32. The SMILES string of the molecule is CCCCC(CC)CNC(=O)CCCl. The van der Waals surface area contributed by atoms with E-state index in [-0.39, 0.29) is 5.91 Å². The molecule has 1 unspecified atom stereocenters. The van der Waals surface area contributed by atoms with Gasteiger partial charge >= 0.3 is 0 Å². The van der Waals surface area contributed by atoms with Crippen LogP contribution in [0.2, 0.25) is 0 Å². The molecule has 14 heavy (non-hydrogen) atoms. The lowest BCUT2D eigenvalue weighted by atomic mass is 9.99. The molecular formula is C11H22ClNO. The Morgan fingerprint density at radius 2 is 2.14 bits per heavy atom. The lowest BCUT2D eigenvalue weighted by molar-refractivity contribution is -0.120. The van der Waals surface area contributed by atoms with Crippen LogP contribution in [0.4, 0.5) is 0 Å². The van der Waals surface area contributed by atoms with E-state index in [1.54, 1.807) is 0 Å². The van der Waals surface area contributed by atoms with E-state index in [0.29, 0.717) is 18.2 Å². The van der Waals surface area contributed by atoms with Crippen LogP contribution in [0.3, 0.4) is 0 Å². The Balaban J connectivity index is 3.55. The molecule has 2 nitrogen and oxygen atoms in total. The molecule has 1 amide bonds. The first-order valence-electron chi connectivity index (χ1n) is 5.57. The van der Waals surface area contributed by atoms with Gasteiger partial charge in [0.2, 0.25) is 5.91 Å². The molecule has 0 radical (unpaired) electrons. The summed E-state index contributed by atoms with van der Waals surface area (Å²) in [5, 5.41) is 2.92. The Bertz CT molecular complexity index is 150. The van der Waals surface area contributed by atoms with E-state index in [9.17, 15) is 4.79 Å². The van der Waals surface area contributed by atoms with Crippen molar-refractivity contribution in [2.75, 3.05) is 12.4 Å². The third-order valence-electron chi connectivity index (χ3n) is 2.45. The Morgan fingerprint density at radius 1 is 1.43 bits per heavy atom. The molecule has 0 bridgehead atoms. The van der Waals surface area contributed by atoms with Gasteiger partial charge in [-0.3, -0.25) is 4.79 Å². The van der Waals surface area contributed by atoms with Gasteiger partial charge in [-0.15, -0.1) is 11.6 Å². The first-order chi connectivity index (χ1) is 6.74. The number of carbonyl (C=O) groups excluding carboxylic acids is 1. The first kappa shape index (κ1) is 13.8. The van der Waals surface area contributed by atoms with Crippen LogP contribution in [0.25, 0.3) is 0 Å². The van der Waals surface area contributed by atoms with Gasteiger partial charge in [0.05, 0.1) is 0 Å². The van der Waals surface area contributed by atoms with Gasteiger partial charge in [0, 0.05) is 18.8 Å². The van der Waals surface area contributed by atoms with E-state index in [1.165, 1.54) is 19.3 Å². The van der Waals surface area contributed by atoms with Crippen molar-refractivity contribution in [1.82, 2.24) is 5.32 Å². The molecule has 0 heterocycles. The summed E-state index contributed by atoms with van der Waals surface area (Å²) in [5.74, 6) is 1.13. The highest BCUT2D eigenvalue weighted by atomic mass is 35.5. The molecule has 0 aliphatic carbocycles. The minimum absolute atomic E-state index is 0.0787. The Labute approximate surface area is 92.4 Å². The topological polar surface area (TPSA) is 29.1 Å². The van der Waals surface area contributed by atoms with Gasteiger partial charge < -0.3 is 5.32 Å². The van der Waals surface area contributed by atoms with Gasteiger partial charge in [-0.05, 0) is 12.3 Å². The zero-order valence-electron chi connectivity index (χ0n) is 9.31. The van der Waals surface area contributed by atoms with Crippen LogP contribution in [-0.2, 0) is 4.79 Å². The first-order valence-corrected chi connectivity index (χ1v) is 6.10. The van der Waals surface area contributed by atoms with Gasteiger partial charge in [-0.2, -0.15) is 0 Å². The number of unbranched alkanes of at least 4 members (excludes halogenated alkanes) is 1. The molecule has 84 valence electrons. The second-order valence-corrected chi connectivity index (χ2v) is 4.04. The van der Waals surface area contributed by atoms with E-state index in [4.69, 9.17) is 11.6 Å². The zero-order chi connectivity index (χ0) is 10.8. The summed E-state index contributed by atoms with van der Waals surface area (Å²) >= 11 is 5.47. The van der Waals surface area contributed by atoms with Gasteiger partial charge in [0.15, 0.2) is 0 Å². The number of amides is 1. The van der Waals surface area contributed by atoms with Crippen molar-refractivity contribution in [2.45, 2.75) is 46.0 Å². The normalized spacial score (nSPS) is 12.5. The molecule has 0 fully saturated rings. The third-order valence-corrected chi connectivity index (χ3v) is 2.64. The van der Waals surface area contributed by atoms with Crippen LogP contribution in [0.1, 0.15) is 46.0 Å². The molecule has 0 aliphatic heterocycles. The highest BCUT2D eigenvalue weighted by Gasteiger charge is 2.07. The Hall–Kier alpha value is -0.240. The smallest absolute Gasteiger partial charge is 0.221 e. The van der Waals surface area contributed by atoms with Gasteiger partial charge in [-0.25, -0.2) is 0 Å². The summed E-state index contributed by atoms with van der Waals surface area (Å²) in [6, 6.07) is 0. The maximum atomic E-state index is 11.1. The lowest BCUT2D eigenvalue weighted by Crippen LogP contribution is -2.29. The van der Waals surface area contributed by atoms with Crippen molar-refractivity contribution in [3.8, 4) is 0 Å². The van der Waals surface area contributed by atoms with Crippen LogP contribution in [0.5, 0.6) is 0 Å². The molecule has 0 spiro atoms. The number of carbonyl (C=O) groups is 1. The summed E-state index contributed by atoms with van der Waals surface area (Å²) in [6.07, 6.45) is 5.27. The van der Waals surface area contributed by atoms with Crippen LogP contribution < -0.4 is 5.32 Å². The molecule has 0 saturated carbocycles. The van der Waals surface area contributed by atoms with Crippen molar-refractivity contribution >= 4 is 17.5 Å². The summed E-state index contributed by atoms with van der Waals surface area (Å²) in [4.78, 5) is 11.1. The lowest BCUT2D eigenvalue weighted by Gasteiger charge is -2.14. The van der Waals surface area contributed by atoms with Crippen molar-refractivity contribution in [2.24, 2.45) is 5.92 Å². The summed E-state index contributed by atoms with van der Waals surface area (Å²) in [6.45, 7) is 5.18. The number of alkyl halides is 1. The fourth-order valence-corrected chi connectivity index (χ4v) is 1.55. The highest BCUT2D eigenvalue weighted by molar-refractivity contribution is 6.18. The number of hydrogen-bond donors (Lipinski definition) is 1. The number of halogens is 1. The highest BCUT2D eigenvalue weighted by Crippen LogP contribution is 2.11. The van der Waals surface area contributed by atoms with Gasteiger partial charge in [0.1, 0.15) is 0 Å². The predicted octanol–water partition coefficient (Wildman–Crippen LogP) is 2.95. The third kappa shape index (κ3) is 7.19. The second-order valence-electron chi connectivity index (χ2n) is 3.66. The largest absolute Gasteiger partial charge is 0.356 e. The van der Waals surface area contributed by atoms with Crippen LogP contribution >= 0.6 is 11.6 Å². The standard InChI is InChI=1S/C11H22ClNO/c1-3-5-6-10(4-2)9-13-11(14)7-8-12/h10H,3-9H2,1-2H3,(H,13,14). The van der Waals surface area contributed by atoms with E-state index in [0.717, 1.165) is 13.0 Å². The average molecular weight is 220 g/mol. The molecule has 3 heteroatoms. The zero-order valence-corrected chi connectivity index (χ0v) is 10.1. The molecule has 0 saturated heterocycles. The minimum atomic E-state index is 0.0787. The number of hydrogen-bond acceptors (Lipinski definition) is 1. The van der Waals surface area contributed by atoms with Crippen molar-refractivity contribution in [3.05, 3.63) is 0 Å². The van der Waals surface area contributed by atoms with Crippen molar-refractivity contribution in [3.63, 3.8) is 0 Å². The summed E-state index contributed by atoms with van der Waals surface area (Å²) in [7, 11) is 0. The maximum Gasteiger partial charge on any atom is 0.221 e. The van der Waals surface area contributed by atoms with E-state index in [1.807, 2.05) is 0 Å². The molecule has 0 aliphatic rings. The fourth-order valence-electron chi connectivity index (χ4n) is 1.38. The van der Waals surface area contributed by atoms with E-state index >= 15 is 0 Å². The number of rotatable bonds is 8. The van der Waals surface area contributed by atoms with E-state index in [2.05, 4.69) is 19.2 Å². The molecule has 0 aromatic heterocycles. The van der Waals surface area contributed by atoms with Gasteiger partial charge in [-0.1, -0.05) is 33.1 Å². The molecule has 0 aromatic carbocycles. The minimum Gasteiger partial charge on any atom is -0.356 e.